The molecule has 1 aliphatic rings. The van der Waals surface area contributed by atoms with E-state index in [1.165, 1.54) is 6.92 Å². The molecule has 0 aliphatic carbocycles. The largest absolute Gasteiger partial charge is 0.504 e. The normalized spacial score (nSPS) is 14.8. The molecule has 6 heteroatoms. The van der Waals surface area contributed by atoms with Crippen LogP contribution in [0.4, 0.5) is 0 Å². The Hall–Kier alpha value is -2.89. The van der Waals surface area contributed by atoms with E-state index in [1.807, 2.05) is 18.2 Å². The zero-order chi connectivity index (χ0) is 18.7. The fraction of sp³-hybridized carbons (Fsp3) is 0.350. The number of nitrogens with zero attached hydrogens (tertiary/aromatic N) is 2. The summed E-state index contributed by atoms with van der Waals surface area (Å²) < 4.78 is 5.68. The highest BCUT2D eigenvalue weighted by atomic mass is 16.5. The Labute approximate surface area is 152 Å². The standard InChI is InChI=1S/C20H22N2O4/c1-13(14(2)23)8-19(25)22-6-7-26-20-17(12-22)9-16(10-18(20)24)15-4-3-5-21-11-15/h3-5,9-11,13,24H,6-8,12H2,1-2H3/t13-/m0/s1. The van der Waals surface area contributed by atoms with Crippen molar-refractivity contribution < 1.29 is 19.4 Å². The number of hydrogen-bond acceptors (Lipinski definition) is 5. The second-order valence-electron chi connectivity index (χ2n) is 6.60. The number of fused-ring (bicyclic) bond motifs is 1. The van der Waals surface area contributed by atoms with Crippen molar-refractivity contribution in [2.75, 3.05) is 13.2 Å². The summed E-state index contributed by atoms with van der Waals surface area (Å²) >= 11 is 0. The molecule has 0 saturated carbocycles. The van der Waals surface area contributed by atoms with Crippen LogP contribution in [0.1, 0.15) is 25.8 Å². The van der Waals surface area contributed by atoms with Crippen molar-refractivity contribution in [2.45, 2.75) is 26.8 Å². The van der Waals surface area contributed by atoms with Crippen LogP contribution in [-0.4, -0.2) is 39.8 Å². The van der Waals surface area contributed by atoms with Crippen LogP contribution >= 0.6 is 0 Å². The molecule has 0 spiro atoms. The summed E-state index contributed by atoms with van der Waals surface area (Å²) in [5, 5.41) is 10.4. The van der Waals surface area contributed by atoms with Crippen LogP contribution < -0.4 is 4.74 Å². The van der Waals surface area contributed by atoms with E-state index in [-0.39, 0.29) is 29.8 Å². The Balaban J connectivity index is 1.88. The SMILES string of the molecule is CC(=O)[C@@H](C)CC(=O)N1CCOc2c(O)cc(-c3cccnc3)cc2C1. The number of aromatic nitrogens is 1. The number of hydrogen-bond donors (Lipinski definition) is 1. The lowest BCUT2D eigenvalue weighted by Crippen LogP contribution is -2.34. The van der Waals surface area contributed by atoms with E-state index >= 15 is 0 Å². The molecule has 0 bridgehead atoms. The number of rotatable bonds is 4. The van der Waals surface area contributed by atoms with Crippen molar-refractivity contribution in [2.24, 2.45) is 5.92 Å². The van der Waals surface area contributed by atoms with Gasteiger partial charge in [-0.3, -0.25) is 14.6 Å². The van der Waals surface area contributed by atoms with Gasteiger partial charge in [-0.15, -0.1) is 0 Å². The Morgan fingerprint density at radius 2 is 2.15 bits per heavy atom. The lowest BCUT2D eigenvalue weighted by Gasteiger charge is -2.21. The third kappa shape index (κ3) is 3.85. The minimum absolute atomic E-state index is 0.00123. The van der Waals surface area contributed by atoms with E-state index in [4.69, 9.17) is 4.74 Å². The maximum absolute atomic E-state index is 12.6. The van der Waals surface area contributed by atoms with Crippen LogP contribution in [0, 0.1) is 5.92 Å². The summed E-state index contributed by atoms with van der Waals surface area (Å²) in [5.41, 5.74) is 2.42. The molecular weight excluding hydrogens is 332 g/mol. The fourth-order valence-electron chi connectivity index (χ4n) is 2.95. The number of amides is 1. The van der Waals surface area contributed by atoms with Crippen molar-refractivity contribution in [3.8, 4) is 22.6 Å². The minimum Gasteiger partial charge on any atom is -0.504 e. The average molecular weight is 354 g/mol. The van der Waals surface area contributed by atoms with E-state index in [2.05, 4.69) is 4.98 Å². The van der Waals surface area contributed by atoms with Crippen LogP contribution in [0.25, 0.3) is 11.1 Å². The van der Waals surface area contributed by atoms with Gasteiger partial charge in [0, 0.05) is 42.4 Å². The van der Waals surface area contributed by atoms with Gasteiger partial charge in [-0.2, -0.15) is 0 Å². The number of phenols is 1. The first-order valence-corrected chi connectivity index (χ1v) is 8.63. The number of benzene rings is 1. The van der Waals surface area contributed by atoms with Crippen molar-refractivity contribution in [1.82, 2.24) is 9.88 Å². The van der Waals surface area contributed by atoms with Gasteiger partial charge in [-0.1, -0.05) is 13.0 Å². The van der Waals surface area contributed by atoms with Crippen LogP contribution in [0.2, 0.25) is 0 Å². The van der Waals surface area contributed by atoms with E-state index in [0.29, 0.717) is 25.4 Å². The molecule has 1 aliphatic heterocycles. The molecule has 0 saturated heterocycles. The van der Waals surface area contributed by atoms with Crippen molar-refractivity contribution >= 4 is 11.7 Å². The van der Waals surface area contributed by atoms with Crippen LogP contribution in [-0.2, 0) is 16.1 Å². The number of Topliss-reactive ketones (excluding diaryl/α,β-unsaturated/α-hetero) is 1. The molecule has 26 heavy (non-hydrogen) atoms. The van der Waals surface area contributed by atoms with E-state index in [1.54, 1.807) is 30.3 Å². The second-order valence-corrected chi connectivity index (χ2v) is 6.60. The van der Waals surface area contributed by atoms with Crippen LogP contribution in [0.15, 0.2) is 36.7 Å². The van der Waals surface area contributed by atoms with Crippen molar-refractivity contribution in [3.05, 3.63) is 42.2 Å². The summed E-state index contributed by atoms with van der Waals surface area (Å²) in [5.74, 6) is 0.0679. The third-order valence-electron chi connectivity index (χ3n) is 4.64. The van der Waals surface area contributed by atoms with Gasteiger partial charge in [-0.25, -0.2) is 0 Å². The number of ether oxygens (including phenoxy) is 1. The maximum atomic E-state index is 12.6. The second kappa shape index (κ2) is 7.56. The molecule has 0 fully saturated rings. The number of carbonyl (C=O) groups excluding carboxylic acids is 2. The third-order valence-corrected chi connectivity index (χ3v) is 4.64. The van der Waals surface area contributed by atoms with Gasteiger partial charge in [-0.05, 0) is 30.7 Å². The van der Waals surface area contributed by atoms with Gasteiger partial charge in [0.2, 0.25) is 5.91 Å². The quantitative estimate of drug-likeness (QED) is 0.913. The highest BCUT2D eigenvalue weighted by Gasteiger charge is 2.24. The van der Waals surface area contributed by atoms with Crippen molar-refractivity contribution in [3.63, 3.8) is 0 Å². The molecule has 3 rings (SSSR count). The summed E-state index contributed by atoms with van der Waals surface area (Å²) in [6.45, 7) is 4.30. The Morgan fingerprint density at radius 3 is 2.85 bits per heavy atom. The van der Waals surface area contributed by atoms with Gasteiger partial charge in [0.25, 0.3) is 0 Å². The summed E-state index contributed by atoms with van der Waals surface area (Å²) in [6, 6.07) is 7.29. The number of carbonyl (C=O) groups is 2. The molecular formula is C20H22N2O4. The number of aromatic hydroxyl groups is 1. The fourth-order valence-corrected chi connectivity index (χ4v) is 2.95. The zero-order valence-corrected chi connectivity index (χ0v) is 14.9. The monoisotopic (exact) mass is 354 g/mol. The molecule has 1 aromatic carbocycles. The molecule has 1 atom stereocenters. The van der Waals surface area contributed by atoms with Gasteiger partial charge < -0.3 is 14.7 Å². The summed E-state index contributed by atoms with van der Waals surface area (Å²) in [6.07, 6.45) is 3.58. The molecule has 0 unspecified atom stereocenters. The lowest BCUT2D eigenvalue weighted by atomic mass is 10.0. The molecule has 2 aromatic rings. The first-order valence-electron chi connectivity index (χ1n) is 8.63. The number of pyridine rings is 1. The van der Waals surface area contributed by atoms with Crippen LogP contribution in [0.3, 0.4) is 0 Å². The average Bonchev–Trinajstić information content (AvgIpc) is 2.85. The smallest absolute Gasteiger partial charge is 0.223 e. The highest BCUT2D eigenvalue weighted by Crippen LogP contribution is 2.37. The predicted octanol–water partition coefficient (Wildman–Crippen LogP) is 2.79. The zero-order valence-electron chi connectivity index (χ0n) is 14.9. The predicted molar refractivity (Wildman–Crippen MR) is 96.7 cm³/mol. The Morgan fingerprint density at radius 1 is 1.35 bits per heavy atom. The molecule has 6 nitrogen and oxygen atoms in total. The summed E-state index contributed by atoms with van der Waals surface area (Å²) in [4.78, 5) is 29.8. The molecule has 136 valence electrons. The topological polar surface area (TPSA) is 79.7 Å². The molecule has 1 amide bonds. The van der Waals surface area contributed by atoms with Gasteiger partial charge in [0.05, 0.1) is 6.54 Å². The highest BCUT2D eigenvalue weighted by molar-refractivity contribution is 5.85. The van der Waals surface area contributed by atoms with E-state index in [9.17, 15) is 14.7 Å². The molecule has 1 aromatic heterocycles. The Bertz CT molecular complexity index is 820. The molecule has 2 heterocycles. The maximum Gasteiger partial charge on any atom is 0.223 e. The lowest BCUT2D eigenvalue weighted by molar-refractivity contribution is -0.135. The molecule has 1 N–H and O–H groups in total. The first kappa shape index (κ1) is 17.9. The minimum atomic E-state index is -0.304. The number of ketones is 1. The Kier molecular flexibility index (Phi) is 5.21. The van der Waals surface area contributed by atoms with Crippen molar-refractivity contribution in [1.29, 1.82) is 0 Å². The van der Waals surface area contributed by atoms with E-state index in [0.717, 1.165) is 16.7 Å². The van der Waals surface area contributed by atoms with Gasteiger partial charge >= 0.3 is 0 Å². The van der Waals surface area contributed by atoms with E-state index < -0.39 is 0 Å². The van der Waals surface area contributed by atoms with Gasteiger partial charge in [0.1, 0.15) is 12.4 Å². The number of phenolic OH excluding ortho intramolecular Hbond substituents is 1. The van der Waals surface area contributed by atoms with Crippen LogP contribution in [0.5, 0.6) is 11.5 Å². The summed E-state index contributed by atoms with van der Waals surface area (Å²) in [7, 11) is 0. The van der Waals surface area contributed by atoms with Gasteiger partial charge in [0.15, 0.2) is 11.5 Å². The molecule has 0 radical (unpaired) electrons. The first-order chi connectivity index (χ1) is 12.5.